The zero-order valence-corrected chi connectivity index (χ0v) is 10.7. The largest absolute Gasteiger partial charge is 0.314 e. The van der Waals surface area contributed by atoms with Gasteiger partial charge in [0.05, 0.1) is 0 Å². The smallest absolute Gasteiger partial charge is 0.0132 e. The SMILES string of the molecule is CSCCCNC(C)CC(C)Br. The van der Waals surface area contributed by atoms with Gasteiger partial charge in [0, 0.05) is 10.9 Å². The highest BCUT2D eigenvalue weighted by Crippen LogP contribution is 2.06. The maximum absolute atomic E-state index is 3.55. The summed E-state index contributed by atoms with van der Waals surface area (Å²) in [6, 6.07) is 0.640. The number of nitrogens with one attached hydrogen (secondary N) is 1. The van der Waals surface area contributed by atoms with E-state index in [0.717, 1.165) is 6.54 Å². The minimum absolute atomic E-state index is 0.626. The minimum Gasteiger partial charge on any atom is -0.314 e. The van der Waals surface area contributed by atoms with Gasteiger partial charge in [-0.1, -0.05) is 22.9 Å². The zero-order chi connectivity index (χ0) is 9.40. The normalized spacial score (nSPS) is 16.0. The fourth-order valence-electron chi connectivity index (χ4n) is 1.14. The van der Waals surface area contributed by atoms with Crippen molar-refractivity contribution in [3.63, 3.8) is 0 Å². The van der Waals surface area contributed by atoms with Gasteiger partial charge in [-0.15, -0.1) is 0 Å². The summed E-state index contributed by atoms with van der Waals surface area (Å²) < 4.78 is 0. The van der Waals surface area contributed by atoms with Gasteiger partial charge in [-0.2, -0.15) is 11.8 Å². The number of hydrogen-bond acceptors (Lipinski definition) is 2. The second kappa shape index (κ2) is 8.39. The molecule has 0 bridgehead atoms. The maximum atomic E-state index is 3.55. The van der Waals surface area contributed by atoms with Crippen molar-refractivity contribution in [2.45, 2.75) is 37.6 Å². The van der Waals surface area contributed by atoms with E-state index in [1.54, 1.807) is 0 Å². The van der Waals surface area contributed by atoms with Crippen molar-refractivity contribution in [3.8, 4) is 0 Å². The van der Waals surface area contributed by atoms with E-state index in [1.165, 1.54) is 18.6 Å². The third kappa shape index (κ3) is 8.88. The van der Waals surface area contributed by atoms with E-state index in [2.05, 4.69) is 41.3 Å². The molecule has 0 aromatic carbocycles. The lowest BCUT2D eigenvalue weighted by atomic mass is 10.2. The summed E-state index contributed by atoms with van der Waals surface area (Å²) in [5.74, 6) is 1.27. The lowest BCUT2D eigenvalue weighted by Crippen LogP contribution is -2.29. The molecule has 0 saturated heterocycles. The summed E-state index contributed by atoms with van der Waals surface area (Å²) in [5.41, 5.74) is 0. The molecule has 0 fully saturated rings. The van der Waals surface area contributed by atoms with Crippen LogP contribution in [0.3, 0.4) is 0 Å². The van der Waals surface area contributed by atoms with Crippen molar-refractivity contribution in [2.24, 2.45) is 0 Å². The Bertz CT molecular complexity index is 98.5. The molecule has 0 aromatic heterocycles. The van der Waals surface area contributed by atoms with E-state index in [-0.39, 0.29) is 0 Å². The lowest BCUT2D eigenvalue weighted by Gasteiger charge is -2.14. The van der Waals surface area contributed by atoms with Crippen LogP contribution in [0.2, 0.25) is 0 Å². The van der Waals surface area contributed by atoms with Crippen molar-refractivity contribution in [2.75, 3.05) is 18.6 Å². The first kappa shape index (κ1) is 12.8. The molecule has 0 amide bonds. The van der Waals surface area contributed by atoms with Gasteiger partial charge in [-0.25, -0.2) is 0 Å². The van der Waals surface area contributed by atoms with Crippen LogP contribution < -0.4 is 5.32 Å². The first-order valence-electron chi connectivity index (χ1n) is 4.53. The first-order valence-corrected chi connectivity index (χ1v) is 6.84. The Morgan fingerprint density at radius 3 is 2.58 bits per heavy atom. The Kier molecular flexibility index (Phi) is 8.94. The monoisotopic (exact) mass is 253 g/mol. The van der Waals surface area contributed by atoms with Gasteiger partial charge in [0.1, 0.15) is 0 Å². The summed E-state index contributed by atoms with van der Waals surface area (Å²) in [6.07, 6.45) is 4.64. The van der Waals surface area contributed by atoms with Crippen molar-refractivity contribution in [1.29, 1.82) is 0 Å². The summed E-state index contributed by atoms with van der Waals surface area (Å²) in [6.45, 7) is 5.60. The molecule has 0 heterocycles. The predicted octanol–water partition coefficient (Wildman–Crippen LogP) is 2.89. The van der Waals surface area contributed by atoms with E-state index in [0.29, 0.717) is 10.9 Å². The summed E-state index contributed by atoms with van der Waals surface area (Å²) in [4.78, 5) is 0.626. The quantitative estimate of drug-likeness (QED) is 0.554. The van der Waals surface area contributed by atoms with Crippen molar-refractivity contribution in [3.05, 3.63) is 0 Å². The molecule has 74 valence electrons. The average Bonchev–Trinajstić information content (AvgIpc) is 1.97. The van der Waals surface area contributed by atoms with Crippen LogP contribution in [0.4, 0.5) is 0 Å². The standard InChI is InChI=1S/C9H20BrNS/c1-8(10)7-9(2)11-5-4-6-12-3/h8-9,11H,4-7H2,1-3H3. The number of alkyl halides is 1. The van der Waals surface area contributed by atoms with Crippen LogP contribution >= 0.6 is 27.7 Å². The molecule has 0 aliphatic heterocycles. The van der Waals surface area contributed by atoms with Gasteiger partial charge in [-0.05, 0) is 38.3 Å². The Morgan fingerprint density at radius 2 is 2.08 bits per heavy atom. The Hall–Kier alpha value is 0.790. The topological polar surface area (TPSA) is 12.0 Å². The fourth-order valence-corrected chi connectivity index (χ4v) is 2.13. The zero-order valence-electron chi connectivity index (χ0n) is 8.27. The third-order valence-electron chi connectivity index (χ3n) is 1.70. The van der Waals surface area contributed by atoms with Gasteiger partial charge in [-0.3, -0.25) is 0 Å². The van der Waals surface area contributed by atoms with Crippen LogP contribution in [0, 0.1) is 0 Å². The summed E-state index contributed by atoms with van der Waals surface area (Å²) in [5, 5.41) is 3.51. The maximum Gasteiger partial charge on any atom is 0.0132 e. The molecular formula is C9H20BrNS. The highest BCUT2D eigenvalue weighted by molar-refractivity contribution is 9.09. The average molecular weight is 254 g/mol. The third-order valence-corrected chi connectivity index (χ3v) is 2.77. The van der Waals surface area contributed by atoms with Crippen LogP contribution in [0.1, 0.15) is 26.7 Å². The van der Waals surface area contributed by atoms with Crippen molar-refractivity contribution >= 4 is 27.7 Å². The van der Waals surface area contributed by atoms with E-state index in [1.807, 2.05) is 11.8 Å². The van der Waals surface area contributed by atoms with Gasteiger partial charge in [0.15, 0.2) is 0 Å². The van der Waals surface area contributed by atoms with Crippen LogP contribution in [-0.2, 0) is 0 Å². The molecule has 0 saturated carbocycles. The molecule has 0 rings (SSSR count). The molecular weight excluding hydrogens is 234 g/mol. The van der Waals surface area contributed by atoms with Crippen molar-refractivity contribution in [1.82, 2.24) is 5.32 Å². The van der Waals surface area contributed by atoms with Crippen LogP contribution in [-0.4, -0.2) is 29.4 Å². The molecule has 1 N–H and O–H groups in total. The molecule has 0 aromatic rings. The molecule has 3 heteroatoms. The first-order chi connectivity index (χ1) is 5.66. The number of hydrogen-bond donors (Lipinski definition) is 1. The minimum atomic E-state index is 0.626. The van der Waals surface area contributed by atoms with Crippen molar-refractivity contribution < 1.29 is 0 Å². The van der Waals surface area contributed by atoms with Crippen LogP contribution in [0.25, 0.3) is 0 Å². The Labute approximate surface area is 89.2 Å². The molecule has 2 atom stereocenters. The number of rotatable bonds is 7. The van der Waals surface area contributed by atoms with E-state index in [9.17, 15) is 0 Å². The van der Waals surface area contributed by atoms with Gasteiger partial charge < -0.3 is 5.32 Å². The highest BCUT2D eigenvalue weighted by atomic mass is 79.9. The number of thioether (sulfide) groups is 1. The fraction of sp³-hybridized carbons (Fsp3) is 1.00. The Morgan fingerprint density at radius 1 is 1.42 bits per heavy atom. The second-order valence-corrected chi connectivity index (χ2v) is 5.77. The summed E-state index contributed by atoms with van der Waals surface area (Å²) >= 11 is 5.47. The predicted molar refractivity (Wildman–Crippen MR) is 63.5 cm³/mol. The molecule has 0 aliphatic rings. The molecule has 0 aliphatic carbocycles. The van der Waals surface area contributed by atoms with Gasteiger partial charge in [0.2, 0.25) is 0 Å². The molecule has 2 unspecified atom stereocenters. The van der Waals surface area contributed by atoms with E-state index >= 15 is 0 Å². The van der Waals surface area contributed by atoms with Crippen LogP contribution in [0.5, 0.6) is 0 Å². The molecule has 0 spiro atoms. The second-order valence-electron chi connectivity index (χ2n) is 3.22. The molecule has 0 radical (unpaired) electrons. The van der Waals surface area contributed by atoms with E-state index in [4.69, 9.17) is 0 Å². The molecule has 12 heavy (non-hydrogen) atoms. The van der Waals surface area contributed by atoms with E-state index < -0.39 is 0 Å². The summed E-state index contributed by atoms with van der Waals surface area (Å²) in [7, 11) is 0. The Balaban J connectivity index is 3.14. The van der Waals surface area contributed by atoms with Gasteiger partial charge in [0.25, 0.3) is 0 Å². The highest BCUT2D eigenvalue weighted by Gasteiger charge is 2.03. The molecule has 1 nitrogen and oxygen atoms in total. The van der Waals surface area contributed by atoms with Gasteiger partial charge >= 0.3 is 0 Å². The number of halogens is 1. The van der Waals surface area contributed by atoms with Crippen LogP contribution in [0.15, 0.2) is 0 Å². The lowest BCUT2D eigenvalue weighted by molar-refractivity contribution is 0.516.